The summed E-state index contributed by atoms with van der Waals surface area (Å²) in [5.74, 6) is 0. The van der Waals surface area contributed by atoms with Gasteiger partial charge in [-0.25, -0.2) is 0 Å². The van der Waals surface area contributed by atoms with E-state index in [1.165, 1.54) is 31.4 Å². The first-order chi connectivity index (χ1) is 5.27. The van der Waals surface area contributed by atoms with Crippen molar-refractivity contribution < 1.29 is 0 Å². The zero-order valence-corrected chi connectivity index (χ0v) is 10.5. The summed E-state index contributed by atoms with van der Waals surface area (Å²) >= 11 is 3.15. The molecule has 0 aromatic carbocycles. The Hall–Kier alpha value is 0.229. The summed E-state index contributed by atoms with van der Waals surface area (Å²) in [5.41, 5.74) is 0. The Kier molecular flexibility index (Phi) is 3.64. The third kappa shape index (κ3) is 2.33. The predicted octanol–water partition coefficient (Wildman–Crippen LogP) is 0.783. The molecule has 1 heterocycles. The monoisotopic (exact) mass is 275 g/mol. The molecule has 1 aromatic rings. The van der Waals surface area contributed by atoms with Gasteiger partial charge in [0.05, 0.1) is 0 Å². The molecule has 0 unspecified atom stereocenters. The number of thiazole rings is 1. The van der Waals surface area contributed by atoms with Crippen LogP contribution in [0.5, 0.6) is 0 Å². The molecule has 0 aliphatic heterocycles. The van der Waals surface area contributed by atoms with E-state index < -0.39 is 0 Å². The van der Waals surface area contributed by atoms with E-state index in [1.807, 2.05) is 0 Å². The van der Waals surface area contributed by atoms with Gasteiger partial charge >= 0.3 is 84.9 Å². The van der Waals surface area contributed by atoms with Crippen molar-refractivity contribution in [3.05, 3.63) is 5.38 Å². The molecule has 0 N–H and O–H groups in total. The fraction of sp³-hybridized carbons (Fsp3) is 0.571. The van der Waals surface area contributed by atoms with E-state index in [9.17, 15) is 0 Å². The molecule has 3 radical (unpaired) electrons. The summed E-state index contributed by atoms with van der Waals surface area (Å²) in [6.45, 7) is 6.43. The van der Waals surface area contributed by atoms with Gasteiger partial charge in [0.15, 0.2) is 0 Å². The molecule has 0 saturated heterocycles. The molecule has 1 aromatic heterocycles. The van der Waals surface area contributed by atoms with E-state index in [0.29, 0.717) is 0 Å². The van der Waals surface area contributed by atoms with Gasteiger partial charge in [0.2, 0.25) is 0 Å². The summed E-state index contributed by atoms with van der Waals surface area (Å²) in [4.78, 5) is 6.71. The van der Waals surface area contributed by atoms with E-state index in [-0.39, 0.29) is 0 Å². The van der Waals surface area contributed by atoms with Gasteiger partial charge in [-0.15, -0.1) is 0 Å². The molecule has 0 spiro atoms. The minimum atomic E-state index is 1.06. The van der Waals surface area contributed by atoms with Gasteiger partial charge in [0.25, 0.3) is 0 Å². The van der Waals surface area contributed by atoms with Crippen LogP contribution in [-0.4, -0.2) is 40.6 Å². The zero-order valence-electron chi connectivity index (χ0n) is 6.79. The van der Waals surface area contributed by atoms with Gasteiger partial charge in [-0.2, -0.15) is 0 Å². The van der Waals surface area contributed by atoms with Crippen LogP contribution in [0.25, 0.3) is 0 Å². The van der Waals surface area contributed by atoms with Crippen molar-refractivity contribution in [2.75, 3.05) is 18.0 Å². The molecule has 4 heteroatoms. The normalized spacial score (nSPS) is 10.1. The average molecular weight is 274 g/mol. The number of anilines is 1. The SMILES string of the molecule is CCN(CC)c1n[c]([Sn])cs1. The Morgan fingerprint density at radius 1 is 1.55 bits per heavy atom. The molecule has 59 valence electrons. The second kappa shape index (κ2) is 4.30. The van der Waals surface area contributed by atoms with E-state index >= 15 is 0 Å². The molecular formula is C7H11N2SSn. The summed E-state index contributed by atoms with van der Waals surface area (Å²) in [6.07, 6.45) is 0. The Labute approximate surface area is 84.7 Å². The van der Waals surface area contributed by atoms with Crippen LogP contribution in [0, 0.1) is 0 Å². The van der Waals surface area contributed by atoms with Gasteiger partial charge in [0.1, 0.15) is 0 Å². The molecule has 0 saturated carbocycles. The van der Waals surface area contributed by atoms with Crippen molar-refractivity contribution in [1.29, 1.82) is 0 Å². The Balaban J connectivity index is 2.73. The van der Waals surface area contributed by atoms with E-state index in [0.717, 1.165) is 13.1 Å². The van der Waals surface area contributed by atoms with E-state index in [4.69, 9.17) is 0 Å². The van der Waals surface area contributed by atoms with Crippen LogP contribution in [0.15, 0.2) is 5.38 Å². The van der Waals surface area contributed by atoms with Gasteiger partial charge in [-0.3, -0.25) is 0 Å². The average Bonchev–Trinajstić information content (AvgIpc) is 2.39. The zero-order chi connectivity index (χ0) is 8.27. The first-order valence-corrected chi connectivity index (χ1v) is 6.00. The second-order valence-electron chi connectivity index (χ2n) is 2.19. The van der Waals surface area contributed by atoms with Crippen LogP contribution < -0.4 is 8.61 Å². The molecule has 0 atom stereocenters. The quantitative estimate of drug-likeness (QED) is 0.757. The molecule has 1 rings (SSSR count). The van der Waals surface area contributed by atoms with Gasteiger partial charge < -0.3 is 0 Å². The third-order valence-electron chi connectivity index (χ3n) is 1.53. The first-order valence-electron chi connectivity index (χ1n) is 3.70. The van der Waals surface area contributed by atoms with Crippen molar-refractivity contribution in [3.8, 4) is 0 Å². The third-order valence-corrected chi connectivity index (χ3v) is 3.76. The first kappa shape index (κ1) is 9.32. The van der Waals surface area contributed by atoms with Gasteiger partial charge in [-0.05, 0) is 0 Å². The fourth-order valence-electron chi connectivity index (χ4n) is 0.904. The number of hydrogen-bond acceptors (Lipinski definition) is 3. The van der Waals surface area contributed by atoms with Crippen LogP contribution in [0.4, 0.5) is 5.13 Å². The van der Waals surface area contributed by atoms with E-state index in [2.05, 4.69) is 29.1 Å². The minimum absolute atomic E-state index is 1.06. The predicted molar refractivity (Wildman–Crippen MR) is 51.1 cm³/mol. The second-order valence-corrected chi connectivity index (χ2v) is 4.49. The molecule has 0 aliphatic rings. The van der Waals surface area contributed by atoms with Crippen LogP contribution in [0.3, 0.4) is 0 Å². The number of aromatic nitrogens is 1. The van der Waals surface area contributed by atoms with Crippen LogP contribution in [0.2, 0.25) is 0 Å². The summed E-state index contributed by atoms with van der Waals surface area (Å²) < 4.78 is 1.21. The van der Waals surface area contributed by atoms with Gasteiger partial charge in [0, 0.05) is 0 Å². The van der Waals surface area contributed by atoms with Crippen molar-refractivity contribution in [2.45, 2.75) is 13.8 Å². The Morgan fingerprint density at radius 2 is 2.18 bits per heavy atom. The molecule has 0 amide bonds. The molecule has 0 fully saturated rings. The van der Waals surface area contributed by atoms with Crippen LogP contribution in [-0.2, 0) is 0 Å². The van der Waals surface area contributed by atoms with Gasteiger partial charge in [-0.1, -0.05) is 0 Å². The fourth-order valence-corrected chi connectivity index (χ4v) is 2.77. The Morgan fingerprint density at radius 3 is 2.55 bits per heavy atom. The maximum atomic E-state index is 4.44. The topological polar surface area (TPSA) is 16.1 Å². The van der Waals surface area contributed by atoms with Crippen LogP contribution >= 0.6 is 11.3 Å². The molecule has 0 bridgehead atoms. The molecule has 2 nitrogen and oxygen atoms in total. The summed E-state index contributed by atoms with van der Waals surface area (Å²) in [5, 5.41) is 3.30. The van der Waals surface area contributed by atoms with Crippen molar-refractivity contribution in [3.63, 3.8) is 0 Å². The van der Waals surface area contributed by atoms with E-state index in [1.54, 1.807) is 11.3 Å². The maximum absolute atomic E-state index is 4.44. The molecular weight excluding hydrogens is 263 g/mol. The standard InChI is InChI=1S/C7H11N2S.Sn/c1-3-9(4-2)7-8-5-6-10-7;/h6H,3-4H2,1-2H3;. The summed E-state index contributed by atoms with van der Waals surface area (Å²) in [6, 6.07) is 0. The number of hydrogen-bond donors (Lipinski definition) is 0. The van der Waals surface area contributed by atoms with Crippen molar-refractivity contribution >= 4 is 42.7 Å². The summed E-state index contributed by atoms with van der Waals surface area (Å²) in [7, 11) is 0. The molecule has 0 aliphatic carbocycles. The van der Waals surface area contributed by atoms with Crippen molar-refractivity contribution in [2.24, 2.45) is 0 Å². The molecule has 11 heavy (non-hydrogen) atoms. The van der Waals surface area contributed by atoms with Crippen LogP contribution in [0.1, 0.15) is 13.8 Å². The van der Waals surface area contributed by atoms with Crippen molar-refractivity contribution in [1.82, 2.24) is 4.98 Å². The number of rotatable bonds is 3. The number of nitrogens with zero attached hydrogens (tertiary/aromatic N) is 2. The Bertz CT molecular complexity index is 220.